The molecule has 1 aliphatic rings. The second kappa shape index (κ2) is 9.69. The molecule has 1 aliphatic heterocycles. The number of aromatic nitrogens is 1. The summed E-state index contributed by atoms with van der Waals surface area (Å²) >= 11 is 0. The summed E-state index contributed by atoms with van der Waals surface area (Å²) in [5.74, 6) is -0.00733. The molecular formula is C21H23F3N2O4. The summed E-state index contributed by atoms with van der Waals surface area (Å²) < 4.78 is 46.2. The van der Waals surface area contributed by atoms with E-state index in [0.717, 1.165) is 31.6 Å². The molecule has 1 saturated heterocycles. The van der Waals surface area contributed by atoms with Crippen molar-refractivity contribution < 1.29 is 32.5 Å². The van der Waals surface area contributed by atoms with Crippen LogP contribution in [-0.2, 0) is 11.4 Å². The quantitative estimate of drug-likeness (QED) is 0.632. The van der Waals surface area contributed by atoms with E-state index >= 15 is 0 Å². The van der Waals surface area contributed by atoms with Crippen LogP contribution < -0.4 is 14.4 Å². The number of rotatable bonds is 9. The predicted octanol–water partition coefficient (Wildman–Crippen LogP) is 4.64. The fourth-order valence-electron chi connectivity index (χ4n) is 3.46. The number of anilines is 1. The van der Waals surface area contributed by atoms with Crippen molar-refractivity contribution in [1.29, 1.82) is 0 Å². The van der Waals surface area contributed by atoms with E-state index in [0.29, 0.717) is 23.7 Å². The number of pyridine rings is 1. The van der Waals surface area contributed by atoms with E-state index in [4.69, 9.17) is 9.84 Å². The molecule has 1 aromatic carbocycles. The van der Waals surface area contributed by atoms with Gasteiger partial charge in [0.15, 0.2) is 0 Å². The zero-order valence-corrected chi connectivity index (χ0v) is 16.3. The largest absolute Gasteiger partial charge is 0.573 e. The van der Waals surface area contributed by atoms with Crippen LogP contribution in [0.1, 0.15) is 31.2 Å². The van der Waals surface area contributed by atoms with Crippen LogP contribution in [0, 0.1) is 5.92 Å². The number of halogens is 3. The average molecular weight is 424 g/mol. The molecule has 6 nitrogen and oxygen atoms in total. The van der Waals surface area contributed by atoms with Crippen molar-refractivity contribution in [3.63, 3.8) is 0 Å². The van der Waals surface area contributed by atoms with Crippen LogP contribution in [0.3, 0.4) is 0 Å². The molecule has 1 atom stereocenters. The number of hydrogen-bond acceptors (Lipinski definition) is 5. The van der Waals surface area contributed by atoms with Gasteiger partial charge in [0, 0.05) is 25.6 Å². The fourth-order valence-corrected chi connectivity index (χ4v) is 3.46. The zero-order valence-electron chi connectivity index (χ0n) is 16.3. The van der Waals surface area contributed by atoms with E-state index in [1.807, 2.05) is 6.07 Å². The van der Waals surface area contributed by atoms with E-state index in [1.54, 1.807) is 12.4 Å². The number of carbonyl (C=O) groups is 1. The maximum absolute atomic E-state index is 12.2. The lowest BCUT2D eigenvalue weighted by atomic mass is 10.0. The van der Waals surface area contributed by atoms with E-state index in [2.05, 4.69) is 14.6 Å². The molecule has 0 radical (unpaired) electrons. The number of benzene rings is 1. The molecule has 0 spiro atoms. The third-order valence-electron chi connectivity index (χ3n) is 4.92. The summed E-state index contributed by atoms with van der Waals surface area (Å²) in [6, 6.07) is 7.40. The highest BCUT2D eigenvalue weighted by molar-refractivity contribution is 5.66. The second-order valence-corrected chi connectivity index (χ2v) is 7.25. The molecule has 2 heterocycles. The summed E-state index contributed by atoms with van der Waals surface area (Å²) in [5.41, 5.74) is 1.64. The van der Waals surface area contributed by atoms with Crippen molar-refractivity contribution in [2.45, 2.75) is 38.7 Å². The van der Waals surface area contributed by atoms with Gasteiger partial charge < -0.3 is 19.5 Å². The second-order valence-electron chi connectivity index (χ2n) is 7.25. The highest BCUT2D eigenvalue weighted by Gasteiger charge is 2.31. The Hall–Kier alpha value is -2.97. The van der Waals surface area contributed by atoms with E-state index < -0.39 is 12.3 Å². The minimum atomic E-state index is -4.71. The molecule has 0 amide bonds. The van der Waals surface area contributed by atoms with Crippen LogP contribution in [0.5, 0.6) is 11.5 Å². The zero-order chi connectivity index (χ0) is 21.6. The Balaban J connectivity index is 1.50. The third kappa shape index (κ3) is 6.82. The van der Waals surface area contributed by atoms with Gasteiger partial charge in [0.25, 0.3) is 0 Å². The first-order valence-corrected chi connectivity index (χ1v) is 9.68. The van der Waals surface area contributed by atoms with Gasteiger partial charge in [-0.1, -0.05) is 12.1 Å². The summed E-state index contributed by atoms with van der Waals surface area (Å²) in [7, 11) is 0. The topological polar surface area (TPSA) is 71.9 Å². The smallest absolute Gasteiger partial charge is 0.487 e. The highest BCUT2D eigenvalue weighted by Crippen LogP contribution is 2.29. The van der Waals surface area contributed by atoms with Gasteiger partial charge in [-0.3, -0.25) is 9.78 Å². The van der Waals surface area contributed by atoms with Crippen LogP contribution in [0.25, 0.3) is 0 Å². The lowest BCUT2D eigenvalue weighted by Gasteiger charge is -2.19. The lowest BCUT2D eigenvalue weighted by Crippen LogP contribution is -2.19. The molecule has 0 bridgehead atoms. The van der Waals surface area contributed by atoms with Crippen molar-refractivity contribution in [1.82, 2.24) is 4.98 Å². The Labute approximate surface area is 172 Å². The standard InChI is InChI=1S/C21H23F3N2O4/c22-21(23,24)30-18-6-4-16(5-7-18)14-29-19-10-17(11-25-12-19)26-9-8-15(13-26)2-1-3-20(27)28/h4-7,10-12,15H,1-3,8-9,13-14H2,(H,27,28). The Morgan fingerprint density at radius 2 is 1.97 bits per heavy atom. The molecule has 30 heavy (non-hydrogen) atoms. The fraction of sp³-hybridized carbons (Fsp3) is 0.429. The minimum absolute atomic E-state index is 0.190. The summed E-state index contributed by atoms with van der Waals surface area (Å²) in [5, 5.41) is 8.76. The Bertz CT molecular complexity index is 843. The van der Waals surface area contributed by atoms with Crippen LogP contribution in [0.4, 0.5) is 18.9 Å². The van der Waals surface area contributed by atoms with Crippen LogP contribution >= 0.6 is 0 Å². The molecule has 3 rings (SSSR count). The number of ether oxygens (including phenoxy) is 2. The lowest BCUT2D eigenvalue weighted by molar-refractivity contribution is -0.274. The average Bonchev–Trinajstić information content (AvgIpc) is 3.15. The number of aliphatic carboxylic acids is 1. The van der Waals surface area contributed by atoms with Crippen molar-refractivity contribution in [2.75, 3.05) is 18.0 Å². The number of hydrogen-bond donors (Lipinski definition) is 1. The van der Waals surface area contributed by atoms with Gasteiger partial charge >= 0.3 is 12.3 Å². The van der Waals surface area contributed by atoms with E-state index in [-0.39, 0.29) is 18.8 Å². The Morgan fingerprint density at radius 3 is 2.67 bits per heavy atom. The molecule has 1 fully saturated rings. The monoisotopic (exact) mass is 424 g/mol. The number of alkyl halides is 3. The molecule has 1 unspecified atom stereocenters. The molecule has 9 heteroatoms. The summed E-state index contributed by atoms with van der Waals surface area (Å²) in [6.07, 6.45) is 1.42. The number of nitrogens with zero attached hydrogens (tertiary/aromatic N) is 2. The van der Waals surface area contributed by atoms with E-state index in [9.17, 15) is 18.0 Å². The molecule has 162 valence electrons. The van der Waals surface area contributed by atoms with Crippen molar-refractivity contribution in [3.8, 4) is 11.5 Å². The molecule has 1 N–H and O–H groups in total. The van der Waals surface area contributed by atoms with E-state index in [1.165, 1.54) is 24.3 Å². The Morgan fingerprint density at radius 1 is 1.20 bits per heavy atom. The van der Waals surface area contributed by atoms with Gasteiger partial charge in [0.05, 0.1) is 18.1 Å². The normalized spacial score (nSPS) is 16.5. The third-order valence-corrected chi connectivity index (χ3v) is 4.92. The maximum atomic E-state index is 12.2. The maximum Gasteiger partial charge on any atom is 0.573 e. The first-order chi connectivity index (χ1) is 14.3. The molecule has 0 aliphatic carbocycles. The van der Waals surface area contributed by atoms with Gasteiger partial charge in [-0.2, -0.15) is 0 Å². The van der Waals surface area contributed by atoms with Gasteiger partial charge in [-0.25, -0.2) is 0 Å². The Kier molecular flexibility index (Phi) is 7.02. The number of carboxylic acids is 1. The molecular weight excluding hydrogens is 401 g/mol. The first kappa shape index (κ1) is 21.7. The summed E-state index contributed by atoms with van der Waals surface area (Å²) in [6.45, 7) is 1.92. The molecule has 1 aromatic heterocycles. The number of carboxylic acid groups (broad SMARTS) is 1. The van der Waals surface area contributed by atoms with Gasteiger partial charge in [-0.15, -0.1) is 13.2 Å². The van der Waals surface area contributed by atoms with Crippen LogP contribution in [-0.4, -0.2) is 35.5 Å². The SMILES string of the molecule is O=C(O)CCCC1CCN(c2cncc(OCc3ccc(OC(F)(F)F)cc3)c2)C1. The van der Waals surface area contributed by atoms with Crippen molar-refractivity contribution in [3.05, 3.63) is 48.3 Å². The molecule has 2 aromatic rings. The van der Waals surface area contributed by atoms with Gasteiger partial charge in [-0.05, 0) is 42.9 Å². The molecule has 0 saturated carbocycles. The van der Waals surface area contributed by atoms with Crippen molar-refractivity contribution in [2.24, 2.45) is 5.92 Å². The highest BCUT2D eigenvalue weighted by atomic mass is 19.4. The van der Waals surface area contributed by atoms with Gasteiger partial charge in [0.2, 0.25) is 0 Å². The first-order valence-electron chi connectivity index (χ1n) is 9.68. The summed E-state index contributed by atoms with van der Waals surface area (Å²) in [4.78, 5) is 17.1. The minimum Gasteiger partial charge on any atom is -0.487 e. The van der Waals surface area contributed by atoms with Crippen molar-refractivity contribution >= 4 is 11.7 Å². The van der Waals surface area contributed by atoms with Crippen LogP contribution in [0.15, 0.2) is 42.7 Å². The predicted molar refractivity (Wildman–Crippen MR) is 104 cm³/mol. The van der Waals surface area contributed by atoms with Gasteiger partial charge in [0.1, 0.15) is 18.1 Å². The van der Waals surface area contributed by atoms with Crippen LogP contribution in [0.2, 0.25) is 0 Å².